The summed E-state index contributed by atoms with van der Waals surface area (Å²) in [5.74, 6) is 1.24. The van der Waals surface area contributed by atoms with E-state index < -0.39 is 0 Å². The molecule has 35 heavy (non-hydrogen) atoms. The molecule has 192 valence electrons. The molecule has 7 N–H and O–H groups in total. The van der Waals surface area contributed by atoms with Gasteiger partial charge in [-0.2, -0.15) is 0 Å². The molecule has 1 aromatic carbocycles. The molecular weight excluding hydrogens is 438 g/mol. The van der Waals surface area contributed by atoms with Crippen LogP contribution in [0.3, 0.4) is 0 Å². The summed E-state index contributed by atoms with van der Waals surface area (Å²) in [6.07, 6.45) is 8.76. The second kappa shape index (κ2) is 9.91. The van der Waals surface area contributed by atoms with Crippen molar-refractivity contribution in [3.05, 3.63) is 47.4 Å². The summed E-state index contributed by atoms with van der Waals surface area (Å²) >= 11 is 0. The van der Waals surface area contributed by atoms with Crippen LogP contribution in [-0.4, -0.2) is 95.7 Å². The number of benzene rings is 1. The average molecular weight is 482 g/mol. The summed E-state index contributed by atoms with van der Waals surface area (Å²) < 4.78 is 0. The number of likely N-dealkylation sites (tertiary alicyclic amines) is 2. The van der Waals surface area contributed by atoms with Gasteiger partial charge in [0.05, 0.1) is 11.2 Å². The van der Waals surface area contributed by atoms with E-state index in [4.69, 9.17) is 17.2 Å². The molecule has 1 spiro atoms. The smallest absolute Gasteiger partial charge is 0.124 e. The molecule has 1 aliphatic carbocycles. The van der Waals surface area contributed by atoms with E-state index >= 15 is 0 Å². The van der Waals surface area contributed by atoms with Crippen LogP contribution in [0.15, 0.2) is 41.9 Å². The van der Waals surface area contributed by atoms with Crippen LogP contribution >= 0.6 is 0 Å². The Bertz CT molecular complexity index is 954. The van der Waals surface area contributed by atoms with Crippen molar-refractivity contribution in [2.24, 2.45) is 23.1 Å². The number of rotatable bonds is 6. The van der Waals surface area contributed by atoms with Gasteiger partial charge in [0.1, 0.15) is 11.6 Å². The standard InChI is InChI=1S/C27H43N7O/c1-31-13-14-34(24(26(29)30)15-23(28)22-7-2-3-8-25(22)35)19-27(31)17-32(18-27)16-20-9-11-33(12-10-20)21-5-4-6-21/h2-3,7-8,15,20-21,35H,4-6,9-14,16-19,28-30H2,1H3/b23-15-. The van der Waals surface area contributed by atoms with Gasteiger partial charge in [0.25, 0.3) is 0 Å². The number of nitrogens with zero attached hydrogens (tertiary/aromatic N) is 4. The number of hydrogen-bond acceptors (Lipinski definition) is 8. The van der Waals surface area contributed by atoms with Crippen molar-refractivity contribution in [1.82, 2.24) is 19.6 Å². The van der Waals surface area contributed by atoms with Gasteiger partial charge in [-0.25, -0.2) is 0 Å². The quantitative estimate of drug-likeness (QED) is 0.451. The van der Waals surface area contributed by atoms with Gasteiger partial charge in [0.15, 0.2) is 0 Å². The summed E-state index contributed by atoms with van der Waals surface area (Å²) in [6, 6.07) is 7.96. The monoisotopic (exact) mass is 481 g/mol. The SMILES string of the molecule is CN1CCN(C(/C=C(\N)c2ccccc2O)=C(N)N)CC12CN(CC1CCN(C3CCC3)CC1)C2. The fourth-order valence-electron chi connectivity index (χ4n) is 6.44. The molecule has 0 radical (unpaired) electrons. The van der Waals surface area contributed by atoms with Crippen LogP contribution in [0.5, 0.6) is 5.75 Å². The highest BCUT2D eigenvalue weighted by Gasteiger charge is 2.49. The number of allylic oxidation sites excluding steroid dienone is 1. The fourth-order valence-corrected chi connectivity index (χ4v) is 6.44. The number of piperidine rings is 1. The summed E-state index contributed by atoms with van der Waals surface area (Å²) in [7, 11) is 2.24. The van der Waals surface area contributed by atoms with Gasteiger partial charge in [0, 0.05) is 56.6 Å². The summed E-state index contributed by atoms with van der Waals surface area (Å²) in [6.45, 7) is 8.63. The Morgan fingerprint density at radius 2 is 1.71 bits per heavy atom. The number of piperazine rings is 1. The highest BCUT2D eigenvalue weighted by Crippen LogP contribution is 2.35. The third kappa shape index (κ3) is 4.97. The molecule has 4 fully saturated rings. The minimum atomic E-state index is 0.114. The average Bonchev–Trinajstić information content (AvgIpc) is 2.78. The van der Waals surface area contributed by atoms with E-state index in [1.165, 1.54) is 51.7 Å². The highest BCUT2D eigenvalue weighted by atomic mass is 16.3. The maximum atomic E-state index is 10.2. The molecule has 8 nitrogen and oxygen atoms in total. The van der Waals surface area contributed by atoms with Gasteiger partial charge >= 0.3 is 0 Å². The molecule has 4 aliphatic rings. The maximum Gasteiger partial charge on any atom is 0.124 e. The van der Waals surface area contributed by atoms with Crippen molar-refractivity contribution >= 4 is 5.70 Å². The van der Waals surface area contributed by atoms with Crippen LogP contribution in [0.25, 0.3) is 5.70 Å². The molecule has 0 unspecified atom stereocenters. The lowest BCUT2D eigenvalue weighted by molar-refractivity contribution is -0.0886. The van der Waals surface area contributed by atoms with Crippen LogP contribution in [0.2, 0.25) is 0 Å². The Hall–Kier alpha value is -2.42. The molecule has 3 heterocycles. The van der Waals surface area contributed by atoms with Crippen molar-refractivity contribution in [1.29, 1.82) is 0 Å². The van der Waals surface area contributed by atoms with Gasteiger partial charge < -0.3 is 32.1 Å². The van der Waals surface area contributed by atoms with E-state index in [9.17, 15) is 5.11 Å². The Morgan fingerprint density at radius 1 is 1.00 bits per heavy atom. The second-order valence-electron chi connectivity index (χ2n) is 11.3. The molecule has 3 saturated heterocycles. The Kier molecular flexibility index (Phi) is 6.88. The van der Waals surface area contributed by atoms with Gasteiger partial charge in [-0.3, -0.25) is 9.80 Å². The molecule has 3 aliphatic heterocycles. The number of para-hydroxylation sites is 1. The van der Waals surface area contributed by atoms with Crippen LogP contribution in [0.4, 0.5) is 0 Å². The number of hydrogen-bond donors (Lipinski definition) is 4. The number of likely N-dealkylation sites (N-methyl/N-ethyl adjacent to an activating group) is 1. The molecule has 1 aromatic rings. The fraction of sp³-hybridized carbons (Fsp3) is 0.630. The van der Waals surface area contributed by atoms with Gasteiger partial charge in [0.2, 0.25) is 0 Å². The topological polar surface area (TPSA) is 111 Å². The third-order valence-corrected chi connectivity index (χ3v) is 8.94. The number of nitrogens with two attached hydrogens (primary N) is 3. The minimum absolute atomic E-state index is 0.114. The first-order valence-corrected chi connectivity index (χ1v) is 13.3. The first-order chi connectivity index (χ1) is 16.8. The lowest BCUT2D eigenvalue weighted by Crippen LogP contribution is -2.76. The Morgan fingerprint density at radius 3 is 2.34 bits per heavy atom. The van der Waals surface area contributed by atoms with Crippen molar-refractivity contribution < 1.29 is 5.11 Å². The molecule has 1 saturated carbocycles. The number of phenols is 1. The maximum absolute atomic E-state index is 10.2. The van der Waals surface area contributed by atoms with E-state index in [0.29, 0.717) is 11.3 Å². The van der Waals surface area contributed by atoms with Crippen LogP contribution in [-0.2, 0) is 0 Å². The van der Waals surface area contributed by atoms with Crippen molar-refractivity contribution in [3.8, 4) is 5.75 Å². The zero-order valence-corrected chi connectivity index (χ0v) is 21.2. The first kappa shape index (κ1) is 24.3. The summed E-state index contributed by atoms with van der Waals surface area (Å²) in [5, 5.41) is 10.2. The Balaban J connectivity index is 1.20. The first-order valence-electron chi connectivity index (χ1n) is 13.3. The predicted molar refractivity (Wildman–Crippen MR) is 141 cm³/mol. The molecule has 0 amide bonds. The van der Waals surface area contributed by atoms with Crippen molar-refractivity contribution in [2.45, 2.75) is 43.7 Å². The zero-order valence-electron chi connectivity index (χ0n) is 21.2. The molecule has 5 rings (SSSR count). The third-order valence-electron chi connectivity index (χ3n) is 8.94. The number of phenolic OH excluding ortho intramolecular Hbond substituents is 1. The van der Waals surface area contributed by atoms with E-state index in [1.54, 1.807) is 18.2 Å². The molecular formula is C27H43N7O. The van der Waals surface area contributed by atoms with E-state index in [-0.39, 0.29) is 17.1 Å². The minimum Gasteiger partial charge on any atom is -0.507 e. The van der Waals surface area contributed by atoms with Gasteiger partial charge in [-0.05, 0) is 69.9 Å². The molecule has 0 atom stereocenters. The normalized spacial score (nSPS) is 24.8. The predicted octanol–water partition coefficient (Wildman–Crippen LogP) is 1.34. The number of aromatic hydroxyl groups is 1. The largest absolute Gasteiger partial charge is 0.507 e. The van der Waals surface area contributed by atoms with Gasteiger partial charge in [-0.1, -0.05) is 18.6 Å². The van der Waals surface area contributed by atoms with Crippen LogP contribution in [0.1, 0.15) is 37.7 Å². The van der Waals surface area contributed by atoms with Crippen molar-refractivity contribution in [3.63, 3.8) is 0 Å². The summed E-state index contributed by atoms with van der Waals surface area (Å²) in [5.41, 5.74) is 20.5. The van der Waals surface area contributed by atoms with E-state index in [2.05, 4.69) is 26.6 Å². The molecule has 0 aromatic heterocycles. The van der Waals surface area contributed by atoms with Crippen LogP contribution < -0.4 is 17.2 Å². The van der Waals surface area contributed by atoms with Gasteiger partial charge in [-0.15, -0.1) is 0 Å². The summed E-state index contributed by atoms with van der Waals surface area (Å²) in [4.78, 5) is 10.2. The highest BCUT2D eigenvalue weighted by molar-refractivity contribution is 5.69. The van der Waals surface area contributed by atoms with E-state index in [0.717, 1.165) is 50.4 Å². The lowest BCUT2D eigenvalue weighted by Gasteiger charge is -2.60. The lowest BCUT2D eigenvalue weighted by atomic mass is 9.83. The van der Waals surface area contributed by atoms with Crippen LogP contribution in [0, 0.1) is 5.92 Å². The molecule has 8 heteroatoms. The Labute approximate surface area is 210 Å². The zero-order chi connectivity index (χ0) is 24.6. The molecule has 0 bridgehead atoms. The second-order valence-corrected chi connectivity index (χ2v) is 11.3. The van der Waals surface area contributed by atoms with E-state index in [1.807, 2.05) is 12.1 Å². The van der Waals surface area contributed by atoms with Crippen molar-refractivity contribution in [2.75, 3.05) is 59.4 Å².